The van der Waals surface area contributed by atoms with E-state index in [0.717, 1.165) is 40.0 Å². The molecular weight excluding hydrogens is 492 g/mol. The topological polar surface area (TPSA) is 61.4 Å². The highest BCUT2D eigenvalue weighted by Crippen LogP contribution is 2.32. The molecule has 0 unspecified atom stereocenters. The van der Waals surface area contributed by atoms with Crippen LogP contribution in [0.2, 0.25) is 5.02 Å². The molecule has 0 aliphatic rings. The zero-order valence-electron chi connectivity index (χ0n) is 19.4. The maximum Gasteiger partial charge on any atom is 0.274 e. The molecule has 0 spiro atoms. The number of nitrogens with zero attached hydrogens (tertiary/aromatic N) is 4. The van der Waals surface area contributed by atoms with Gasteiger partial charge in [0.2, 0.25) is 0 Å². The van der Waals surface area contributed by atoms with Crippen LogP contribution in [0.25, 0.3) is 39.0 Å². The van der Waals surface area contributed by atoms with Crippen LogP contribution in [0, 0.1) is 0 Å². The molecule has 178 valence electrons. The lowest BCUT2D eigenvalue weighted by Crippen LogP contribution is -2.22. The number of ether oxygens (including phenoxy) is 1. The third-order valence-corrected chi connectivity index (χ3v) is 7.13. The second-order valence-electron chi connectivity index (χ2n) is 8.34. The standard InChI is InChI=1S/C28H21ClN4O2S/c1-2-14-35-24-13-12-18(15-21(24)29)26-19(17-32(31-26)20-8-4-3-5-9-20)16-25-27(34)33-23-11-7-6-10-22(23)30-28(33)36-25/h3-13,15-17H,2,14H2,1H3. The Hall–Kier alpha value is -3.94. The Bertz CT molecular complexity index is 1820. The van der Waals surface area contributed by atoms with Crippen molar-refractivity contribution >= 4 is 45.0 Å². The number of benzene rings is 3. The lowest BCUT2D eigenvalue weighted by atomic mass is 10.1. The first kappa shape index (κ1) is 22.5. The van der Waals surface area contributed by atoms with Gasteiger partial charge in [0.05, 0.1) is 32.9 Å². The molecule has 36 heavy (non-hydrogen) atoms. The summed E-state index contributed by atoms with van der Waals surface area (Å²) in [6.45, 7) is 2.65. The fraction of sp³-hybridized carbons (Fsp3) is 0.107. The number of halogens is 1. The molecule has 3 aromatic carbocycles. The first-order valence-corrected chi connectivity index (χ1v) is 12.8. The van der Waals surface area contributed by atoms with Crippen LogP contribution in [0.4, 0.5) is 0 Å². The van der Waals surface area contributed by atoms with Crippen LogP contribution < -0.4 is 14.8 Å². The number of thiazole rings is 1. The van der Waals surface area contributed by atoms with Gasteiger partial charge in [-0.3, -0.25) is 4.79 Å². The van der Waals surface area contributed by atoms with Gasteiger partial charge in [-0.05, 0) is 55.0 Å². The van der Waals surface area contributed by atoms with E-state index in [1.54, 1.807) is 4.40 Å². The predicted molar refractivity (Wildman–Crippen MR) is 145 cm³/mol. The number of aromatic nitrogens is 4. The van der Waals surface area contributed by atoms with Crippen molar-refractivity contribution < 1.29 is 4.74 Å². The van der Waals surface area contributed by atoms with Crippen molar-refractivity contribution in [3.8, 4) is 22.7 Å². The molecule has 0 saturated carbocycles. The molecule has 6 nitrogen and oxygen atoms in total. The summed E-state index contributed by atoms with van der Waals surface area (Å²) in [5.74, 6) is 0.642. The zero-order valence-corrected chi connectivity index (χ0v) is 21.0. The smallest absolute Gasteiger partial charge is 0.274 e. The Balaban J connectivity index is 1.52. The third kappa shape index (κ3) is 3.96. The molecule has 6 rings (SSSR count). The van der Waals surface area contributed by atoms with Gasteiger partial charge in [0.1, 0.15) is 11.4 Å². The number of rotatable bonds is 6. The lowest BCUT2D eigenvalue weighted by Gasteiger charge is -2.08. The summed E-state index contributed by atoms with van der Waals surface area (Å²) in [6.07, 6.45) is 4.71. The van der Waals surface area contributed by atoms with Gasteiger partial charge in [-0.25, -0.2) is 14.1 Å². The van der Waals surface area contributed by atoms with E-state index in [2.05, 4.69) is 11.9 Å². The molecule has 0 radical (unpaired) electrons. The number of hydrogen-bond acceptors (Lipinski definition) is 5. The van der Waals surface area contributed by atoms with E-state index in [0.29, 0.717) is 26.9 Å². The highest BCUT2D eigenvalue weighted by atomic mass is 35.5. The van der Waals surface area contributed by atoms with Crippen LogP contribution in [-0.2, 0) is 0 Å². The summed E-state index contributed by atoms with van der Waals surface area (Å²) >= 11 is 7.91. The molecule has 0 fully saturated rings. The first-order chi connectivity index (χ1) is 17.6. The third-order valence-electron chi connectivity index (χ3n) is 5.86. The second kappa shape index (κ2) is 9.26. The summed E-state index contributed by atoms with van der Waals surface area (Å²) in [5, 5.41) is 5.39. The van der Waals surface area contributed by atoms with Crippen LogP contribution in [0.15, 0.2) is 83.8 Å². The number of imidazole rings is 1. The maximum absolute atomic E-state index is 13.4. The minimum Gasteiger partial charge on any atom is -0.492 e. The molecule has 3 aromatic heterocycles. The van der Waals surface area contributed by atoms with E-state index >= 15 is 0 Å². The normalized spacial score (nSPS) is 12.1. The van der Waals surface area contributed by atoms with Gasteiger partial charge in [0, 0.05) is 17.3 Å². The predicted octanol–water partition coefficient (Wildman–Crippen LogP) is 5.75. The van der Waals surface area contributed by atoms with Crippen molar-refractivity contribution in [3.63, 3.8) is 0 Å². The Morgan fingerprint density at radius 3 is 2.67 bits per heavy atom. The largest absolute Gasteiger partial charge is 0.492 e. The van der Waals surface area contributed by atoms with Gasteiger partial charge in [0.25, 0.3) is 5.56 Å². The fourth-order valence-electron chi connectivity index (χ4n) is 4.16. The van der Waals surface area contributed by atoms with Crippen molar-refractivity contribution in [2.24, 2.45) is 0 Å². The minimum absolute atomic E-state index is 0.0940. The average molecular weight is 513 g/mol. The summed E-state index contributed by atoms with van der Waals surface area (Å²) in [7, 11) is 0. The summed E-state index contributed by atoms with van der Waals surface area (Å²) in [4.78, 5) is 18.7. The maximum atomic E-state index is 13.4. The van der Waals surface area contributed by atoms with E-state index < -0.39 is 0 Å². The second-order valence-corrected chi connectivity index (χ2v) is 9.76. The van der Waals surface area contributed by atoms with Crippen molar-refractivity contribution in [1.29, 1.82) is 0 Å². The highest BCUT2D eigenvalue weighted by molar-refractivity contribution is 7.15. The average Bonchev–Trinajstić information content (AvgIpc) is 3.57. The molecule has 0 aliphatic carbocycles. The first-order valence-electron chi connectivity index (χ1n) is 11.6. The van der Waals surface area contributed by atoms with Gasteiger partial charge in [-0.1, -0.05) is 60.2 Å². The summed E-state index contributed by atoms with van der Waals surface area (Å²) < 4.78 is 9.81. The van der Waals surface area contributed by atoms with Crippen molar-refractivity contribution in [2.75, 3.05) is 6.61 Å². The number of fused-ring (bicyclic) bond motifs is 3. The quantitative estimate of drug-likeness (QED) is 0.285. The fourth-order valence-corrected chi connectivity index (χ4v) is 5.37. The minimum atomic E-state index is -0.0940. The van der Waals surface area contributed by atoms with Gasteiger partial charge in [-0.15, -0.1) is 0 Å². The highest BCUT2D eigenvalue weighted by Gasteiger charge is 2.15. The van der Waals surface area contributed by atoms with Crippen molar-refractivity contribution in [2.45, 2.75) is 13.3 Å². The Morgan fingerprint density at radius 2 is 1.86 bits per heavy atom. The summed E-state index contributed by atoms with van der Waals surface area (Å²) in [6, 6.07) is 23.2. The lowest BCUT2D eigenvalue weighted by molar-refractivity contribution is 0.317. The van der Waals surface area contributed by atoms with Gasteiger partial charge < -0.3 is 4.74 Å². The van der Waals surface area contributed by atoms with Gasteiger partial charge >= 0.3 is 0 Å². The molecule has 0 amide bonds. The van der Waals surface area contributed by atoms with Crippen LogP contribution in [-0.4, -0.2) is 25.8 Å². The molecule has 0 saturated heterocycles. The molecular formula is C28H21ClN4O2S. The molecule has 0 bridgehead atoms. The van der Waals surface area contributed by atoms with Crippen LogP contribution >= 0.6 is 22.9 Å². The molecule has 0 aliphatic heterocycles. The molecule has 0 N–H and O–H groups in total. The summed E-state index contributed by atoms with van der Waals surface area (Å²) in [5.41, 5.74) is 4.81. The Labute approximate surface area is 215 Å². The van der Waals surface area contributed by atoms with Crippen LogP contribution in [0.3, 0.4) is 0 Å². The monoisotopic (exact) mass is 512 g/mol. The van der Waals surface area contributed by atoms with E-state index in [1.807, 2.05) is 89.8 Å². The van der Waals surface area contributed by atoms with E-state index in [-0.39, 0.29) is 5.56 Å². The van der Waals surface area contributed by atoms with Crippen molar-refractivity contribution in [1.82, 2.24) is 19.2 Å². The van der Waals surface area contributed by atoms with Gasteiger partial charge in [-0.2, -0.15) is 5.10 Å². The van der Waals surface area contributed by atoms with E-state index in [1.165, 1.54) is 11.3 Å². The number of hydrogen-bond donors (Lipinski definition) is 0. The molecule has 0 atom stereocenters. The van der Waals surface area contributed by atoms with Gasteiger partial charge in [0.15, 0.2) is 4.96 Å². The van der Waals surface area contributed by atoms with Crippen LogP contribution in [0.1, 0.15) is 18.9 Å². The van der Waals surface area contributed by atoms with E-state index in [9.17, 15) is 4.79 Å². The Morgan fingerprint density at radius 1 is 1.06 bits per heavy atom. The van der Waals surface area contributed by atoms with Crippen LogP contribution in [0.5, 0.6) is 5.75 Å². The SMILES string of the molecule is CCCOc1ccc(-c2nn(-c3ccccc3)cc2C=c2sc3nc4ccccc4n3c2=O)cc1Cl. The molecule has 8 heteroatoms. The van der Waals surface area contributed by atoms with E-state index in [4.69, 9.17) is 21.4 Å². The molecule has 6 aromatic rings. The Kier molecular flexibility index (Phi) is 5.79. The zero-order chi connectivity index (χ0) is 24.6. The number of para-hydroxylation sites is 3. The van der Waals surface area contributed by atoms with Crippen molar-refractivity contribution in [3.05, 3.63) is 104 Å². The molecule has 3 heterocycles.